The van der Waals surface area contributed by atoms with Crippen molar-refractivity contribution in [3.8, 4) is 5.69 Å². The fraction of sp³-hybridized carbons (Fsp3) is 0.238. The fourth-order valence-corrected chi connectivity index (χ4v) is 5.01. The predicted molar refractivity (Wildman–Crippen MR) is 117 cm³/mol. The number of halogens is 1. The molecule has 0 aliphatic heterocycles. The number of hydroxylamine groups is 1. The highest BCUT2D eigenvalue weighted by Gasteiger charge is 2.27. The van der Waals surface area contributed by atoms with Gasteiger partial charge < -0.3 is 5.32 Å². The van der Waals surface area contributed by atoms with Crippen molar-refractivity contribution in [1.29, 1.82) is 0 Å². The molecule has 2 aromatic carbocycles. The lowest BCUT2D eigenvalue weighted by molar-refractivity contribution is -0.0258. The second kappa shape index (κ2) is 8.43. The zero-order valence-corrected chi connectivity index (χ0v) is 18.6. The van der Waals surface area contributed by atoms with Crippen molar-refractivity contribution in [3.05, 3.63) is 70.4 Å². The van der Waals surface area contributed by atoms with Crippen molar-refractivity contribution in [2.24, 2.45) is 0 Å². The van der Waals surface area contributed by atoms with E-state index >= 15 is 0 Å². The van der Waals surface area contributed by atoms with E-state index in [0.717, 1.165) is 36.2 Å². The molecule has 0 fully saturated rings. The summed E-state index contributed by atoms with van der Waals surface area (Å²) in [5, 5.41) is 7.60. The molecule has 0 saturated carbocycles. The van der Waals surface area contributed by atoms with E-state index in [-0.39, 0.29) is 15.5 Å². The summed E-state index contributed by atoms with van der Waals surface area (Å²) in [6.45, 7) is 0. The normalized spacial score (nSPS) is 13.4. The molecule has 8 nitrogen and oxygen atoms in total. The Morgan fingerprint density at radius 1 is 1.19 bits per heavy atom. The highest BCUT2D eigenvalue weighted by molar-refractivity contribution is 7.89. The van der Waals surface area contributed by atoms with Crippen LogP contribution in [-0.4, -0.2) is 42.7 Å². The lowest BCUT2D eigenvalue weighted by atomic mass is 10.2. The van der Waals surface area contributed by atoms with Crippen LogP contribution in [0.1, 0.15) is 28.0 Å². The highest BCUT2D eigenvalue weighted by atomic mass is 35.5. The topological polar surface area (TPSA) is 93.5 Å². The van der Waals surface area contributed by atoms with Gasteiger partial charge in [0.2, 0.25) is 0 Å². The van der Waals surface area contributed by atoms with E-state index in [1.54, 1.807) is 4.68 Å². The van der Waals surface area contributed by atoms with Crippen LogP contribution in [0, 0.1) is 0 Å². The zero-order valence-electron chi connectivity index (χ0n) is 17.0. The van der Waals surface area contributed by atoms with Gasteiger partial charge in [-0.2, -0.15) is 5.10 Å². The van der Waals surface area contributed by atoms with E-state index in [0.29, 0.717) is 10.3 Å². The van der Waals surface area contributed by atoms with Gasteiger partial charge in [0.15, 0.2) is 0 Å². The molecule has 0 radical (unpaired) electrons. The number of hydrogen-bond acceptors (Lipinski definition) is 5. The largest absolute Gasteiger partial charge is 0.306 e. The number of para-hydroxylation sites is 1. The number of amides is 1. The summed E-state index contributed by atoms with van der Waals surface area (Å²) >= 11 is 6.10. The van der Waals surface area contributed by atoms with E-state index in [1.807, 2.05) is 30.3 Å². The van der Waals surface area contributed by atoms with Gasteiger partial charge in [-0.25, -0.2) is 13.1 Å². The van der Waals surface area contributed by atoms with Crippen LogP contribution in [-0.2, 0) is 27.7 Å². The fourth-order valence-electron chi connectivity index (χ4n) is 3.53. The van der Waals surface area contributed by atoms with Crippen molar-refractivity contribution in [2.75, 3.05) is 19.5 Å². The molecule has 31 heavy (non-hydrogen) atoms. The van der Waals surface area contributed by atoms with Gasteiger partial charge in [-0.1, -0.05) is 34.3 Å². The summed E-state index contributed by atoms with van der Waals surface area (Å²) in [6, 6.07) is 13.6. The summed E-state index contributed by atoms with van der Waals surface area (Å²) in [4.78, 5) is 17.7. The van der Waals surface area contributed by atoms with Crippen LogP contribution in [0.3, 0.4) is 0 Å². The van der Waals surface area contributed by atoms with E-state index in [9.17, 15) is 13.2 Å². The van der Waals surface area contributed by atoms with Crippen molar-refractivity contribution in [2.45, 2.75) is 24.2 Å². The SMILES string of the molecule is CON(C)S(=O)(=O)c1cc(C(=O)Nc2c3c(nn2-c2ccccc2)CCC3)ccc1Cl. The lowest BCUT2D eigenvalue weighted by Gasteiger charge is -2.16. The average Bonchev–Trinajstić information content (AvgIpc) is 3.36. The molecule has 0 bridgehead atoms. The van der Waals surface area contributed by atoms with Crippen LogP contribution in [0.4, 0.5) is 5.82 Å². The van der Waals surface area contributed by atoms with Gasteiger partial charge in [-0.15, -0.1) is 0 Å². The molecule has 1 heterocycles. The Bertz CT molecular complexity index is 1240. The van der Waals surface area contributed by atoms with Gasteiger partial charge in [-0.3, -0.25) is 9.63 Å². The third kappa shape index (κ3) is 3.97. The maximum absolute atomic E-state index is 13.1. The maximum atomic E-state index is 13.1. The summed E-state index contributed by atoms with van der Waals surface area (Å²) in [5.74, 6) is 0.136. The molecule has 0 saturated heterocycles. The Kier molecular flexibility index (Phi) is 5.85. The van der Waals surface area contributed by atoms with Gasteiger partial charge in [-0.05, 0) is 49.6 Å². The van der Waals surface area contributed by atoms with Crippen molar-refractivity contribution in [1.82, 2.24) is 14.2 Å². The highest BCUT2D eigenvalue weighted by Crippen LogP contribution is 2.32. The van der Waals surface area contributed by atoms with Crippen LogP contribution < -0.4 is 5.32 Å². The Balaban J connectivity index is 1.71. The second-order valence-corrected chi connectivity index (χ2v) is 9.38. The summed E-state index contributed by atoms with van der Waals surface area (Å²) in [7, 11) is -1.54. The van der Waals surface area contributed by atoms with Gasteiger partial charge in [0.1, 0.15) is 10.7 Å². The standard InChI is InChI=1S/C21H21ClN4O4S/c1-25(30-2)31(28,29)19-13-14(11-12-17(19)22)21(27)23-20-16-9-6-10-18(16)24-26(20)15-7-4-3-5-8-15/h3-5,7-8,11-13H,6,9-10H2,1-2H3,(H,23,27). The number of carbonyl (C=O) groups excluding carboxylic acids is 1. The first-order valence-corrected chi connectivity index (χ1v) is 11.4. The maximum Gasteiger partial charge on any atom is 0.266 e. The Morgan fingerprint density at radius 3 is 2.65 bits per heavy atom. The number of sulfonamides is 1. The molecule has 10 heteroatoms. The minimum atomic E-state index is -4.02. The number of nitrogens with zero attached hydrogens (tertiary/aromatic N) is 3. The van der Waals surface area contributed by atoms with Crippen LogP contribution in [0.2, 0.25) is 5.02 Å². The molecule has 0 unspecified atom stereocenters. The predicted octanol–water partition coefficient (Wildman–Crippen LogP) is 3.45. The van der Waals surface area contributed by atoms with Crippen molar-refractivity contribution < 1.29 is 18.0 Å². The number of rotatable bonds is 6. The molecule has 1 aromatic heterocycles. The molecule has 1 N–H and O–H groups in total. The number of aryl methyl sites for hydroxylation is 1. The Labute approximate surface area is 185 Å². The molecule has 162 valence electrons. The summed E-state index contributed by atoms with van der Waals surface area (Å²) in [5.41, 5.74) is 2.94. The molecule has 0 atom stereocenters. The van der Waals surface area contributed by atoms with Crippen molar-refractivity contribution >= 4 is 33.3 Å². The number of fused-ring (bicyclic) bond motifs is 1. The zero-order chi connectivity index (χ0) is 22.2. The third-order valence-corrected chi connectivity index (χ3v) is 7.37. The minimum absolute atomic E-state index is 0.00401. The van der Waals surface area contributed by atoms with Gasteiger partial charge in [0.05, 0.1) is 23.5 Å². The quantitative estimate of drug-likeness (QED) is 0.568. The van der Waals surface area contributed by atoms with Gasteiger partial charge in [0, 0.05) is 18.2 Å². The molecule has 0 spiro atoms. The molecular weight excluding hydrogens is 440 g/mol. The first-order chi connectivity index (χ1) is 14.8. The number of nitrogens with one attached hydrogen (secondary N) is 1. The van der Waals surface area contributed by atoms with Crippen LogP contribution >= 0.6 is 11.6 Å². The van der Waals surface area contributed by atoms with Crippen LogP contribution in [0.15, 0.2) is 53.4 Å². The third-order valence-electron chi connectivity index (χ3n) is 5.21. The molecule has 3 aromatic rings. The average molecular weight is 461 g/mol. The number of hydrogen-bond donors (Lipinski definition) is 1. The van der Waals surface area contributed by atoms with E-state index < -0.39 is 15.9 Å². The molecule has 4 rings (SSSR count). The summed E-state index contributed by atoms with van der Waals surface area (Å²) < 4.78 is 27.7. The molecule has 1 aliphatic rings. The smallest absolute Gasteiger partial charge is 0.266 e. The first kappa shape index (κ1) is 21.5. The Morgan fingerprint density at radius 2 is 1.94 bits per heavy atom. The lowest BCUT2D eigenvalue weighted by Crippen LogP contribution is -2.26. The van der Waals surface area contributed by atoms with E-state index in [2.05, 4.69) is 10.4 Å². The number of aromatic nitrogens is 2. The van der Waals surface area contributed by atoms with Gasteiger partial charge >= 0.3 is 0 Å². The molecule has 1 aliphatic carbocycles. The van der Waals surface area contributed by atoms with Crippen molar-refractivity contribution in [3.63, 3.8) is 0 Å². The second-order valence-electron chi connectivity index (χ2n) is 7.07. The number of benzene rings is 2. The number of anilines is 1. The van der Waals surface area contributed by atoms with E-state index in [1.165, 1.54) is 32.4 Å². The first-order valence-electron chi connectivity index (χ1n) is 9.63. The summed E-state index contributed by atoms with van der Waals surface area (Å²) in [6.07, 6.45) is 2.64. The van der Waals surface area contributed by atoms with E-state index in [4.69, 9.17) is 16.4 Å². The van der Waals surface area contributed by atoms with Crippen LogP contribution in [0.5, 0.6) is 0 Å². The number of carbonyl (C=O) groups is 1. The monoisotopic (exact) mass is 460 g/mol. The van der Waals surface area contributed by atoms with Gasteiger partial charge in [0.25, 0.3) is 15.9 Å². The molecule has 1 amide bonds. The Hall–Kier alpha value is -2.72. The van der Waals surface area contributed by atoms with Crippen LogP contribution in [0.25, 0.3) is 5.69 Å². The minimum Gasteiger partial charge on any atom is -0.306 e. The molecular formula is C21H21ClN4O4S.